The van der Waals surface area contributed by atoms with Gasteiger partial charge in [-0.2, -0.15) is 0 Å². The maximum absolute atomic E-state index is 12.3. The molecular weight excluding hydrogens is 387 g/mol. The van der Waals surface area contributed by atoms with Crippen molar-refractivity contribution in [1.29, 1.82) is 0 Å². The third-order valence-electron chi connectivity index (χ3n) is 5.48. The summed E-state index contributed by atoms with van der Waals surface area (Å²) in [6.45, 7) is 22.6. The van der Waals surface area contributed by atoms with Crippen molar-refractivity contribution in [3.8, 4) is 0 Å². The average molecular weight is 431 g/mol. The number of likely N-dealkylation sites (tertiary alicyclic amines) is 1. The van der Waals surface area contributed by atoms with Crippen LogP contribution in [0, 0.1) is 11.8 Å². The Morgan fingerprint density at radius 2 is 1.79 bits per heavy atom. The molecule has 0 amide bonds. The number of nitrogens with zero attached hydrogens (tertiary/aromatic N) is 1. The van der Waals surface area contributed by atoms with Crippen LogP contribution >= 0.6 is 7.44 Å². The highest BCUT2D eigenvalue weighted by Crippen LogP contribution is 2.35. The summed E-state index contributed by atoms with van der Waals surface area (Å²) in [7, 11) is 0.602. The molecule has 29 heavy (non-hydrogen) atoms. The molecule has 3 atom stereocenters. The van der Waals surface area contributed by atoms with Gasteiger partial charge in [0.05, 0.1) is 12.1 Å². The molecule has 8 heteroatoms. The second kappa shape index (κ2) is 11.0. The van der Waals surface area contributed by atoms with E-state index in [1.54, 1.807) is 14.1 Å². The minimum atomic E-state index is -2.70. The summed E-state index contributed by atoms with van der Waals surface area (Å²) >= 11 is 0. The Bertz CT molecular complexity index is 595. The fraction of sp³-hybridized carbons (Fsp3) is 0.810. The molecule has 170 valence electrons. The van der Waals surface area contributed by atoms with Crippen LogP contribution in [0.3, 0.4) is 0 Å². The second-order valence-electron chi connectivity index (χ2n) is 9.25. The lowest BCUT2D eigenvalue weighted by Crippen LogP contribution is -2.43. The van der Waals surface area contributed by atoms with Crippen LogP contribution in [0.4, 0.5) is 0 Å². The lowest BCUT2D eigenvalue weighted by Gasteiger charge is -2.36. The zero-order chi connectivity index (χ0) is 22.4. The summed E-state index contributed by atoms with van der Waals surface area (Å²) < 4.78 is 23.7. The van der Waals surface area contributed by atoms with E-state index in [1.807, 2.05) is 0 Å². The molecule has 0 radical (unpaired) electrons. The van der Waals surface area contributed by atoms with E-state index in [1.165, 1.54) is 0 Å². The Morgan fingerprint density at radius 1 is 1.21 bits per heavy atom. The molecule has 3 N–H and O–H groups in total. The molecule has 0 aliphatic carbocycles. The largest absolute Gasteiger partial charge is 0.383 e. The van der Waals surface area contributed by atoms with Gasteiger partial charge in [0.25, 0.3) is 0 Å². The van der Waals surface area contributed by atoms with E-state index in [0.717, 1.165) is 24.4 Å². The molecule has 0 aromatic heterocycles. The van der Waals surface area contributed by atoms with Crippen LogP contribution in [0.5, 0.6) is 0 Å². The van der Waals surface area contributed by atoms with Gasteiger partial charge in [-0.1, -0.05) is 33.9 Å². The number of nitrogens with one attached hydrogen (secondary N) is 3. The van der Waals surface area contributed by atoms with E-state index in [2.05, 4.69) is 75.1 Å². The smallest absolute Gasteiger partial charge is 0.235 e. The fourth-order valence-corrected chi connectivity index (χ4v) is 4.14. The van der Waals surface area contributed by atoms with Gasteiger partial charge in [-0.15, -0.1) is 0 Å². The van der Waals surface area contributed by atoms with Crippen molar-refractivity contribution in [3.05, 3.63) is 24.6 Å². The van der Waals surface area contributed by atoms with Crippen molar-refractivity contribution in [1.82, 2.24) is 20.4 Å². The topological polar surface area (TPSA) is 74.9 Å². The van der Waals surface area contributed by atoms with Crippen LogP contribution in [0.1, 0.15) is 48.0 Å². The second-order valence-corrected chi connectivity index (χ2v) is 11.9. The van der Waals surface area contributed by atoms with Crippen molar-refractivity contribution in [2.45, 2.75) is 65.6 Å². The van der Waals surface area contributed by atoms with Crippen molar-refractivity contribution in [2.24, 2.45) is 11.8 Å². The maximum atomic E-state index is 12.3. The molecule has 1 fully saturated rings. The van der Waals surface area contributed by atoms with Gasteiger partial charge in [-0.05, 0) is 46.7 Å². The summed E-state index contributed by atoms with van der Waals surface area (Å²) in [4.78, 5) is 2.32. The van der Waals surface area contributed by atoms with Gasteiger partial charge >= 0.3 is 0 Å². The maximum Gasteiger partial charge on any atom is 0.235 e. The van der Waals surface area contributed by atoms with E-state index in [4.69, 9.17) is 9.47 Å². The predicted molar refractivity (Wildman–Crippen MR) is 122 cm³/mol. The number of hydrogen-bond acceptors (Lipinski definition) is 5. The molecule has 1 aliphatic heterocycles. The minimum Gasteiger partial charge on any atom is -0.383 e. The van der Waals surface area contributed by atoms with Gasteiger partial charge in [-0.3, -0.25) is 14.7 Å². The van der Waals surface area contributed by atoms with Gasteiger partial charge in [-0.25, -0.2) is 0 Å². The highest BCUT2D eigenvalue weighted by atomic mass is 31.2. The third kappa shape index (κ3) is 8.06. The van der Waals surface area contributed by atoms with Gasteiger partial charge < -0.3 is 19.7 Å². The first-order valence-electron chi connectivity index (χ1n) is 10.4. The number of hydrogen-bond donors (Lipinski definition) is 3. The summed E-state index contributed by atoms with van der Waals surface area (Å²) in [6, 6.07) is 0.119. The molecule has 0 aromatic carbocycles. The molecule has 1 aliphatic rings. The van der Waals surface area contributed by atoms with E-state index >= 15 is 0 Å². The molecule has 3 unspecified atom stereocenters. The predicted octanol–water partition coefficient (Wildman–Crippen LogP) is 3.72. The quantitative estimate of drug-likeness (QED) is 0.248. The first-order chi connectivity index (χ1) is 13.3. The van der Waals surface area contributed by atoms with E-state index < -0.39 is 7.44 Å². The minimum absolute atomic E-state index is 0.00168. The lowest BCUT2D eigenvalue weighted by atomic mass is 9.94. The van der Waals surface area contributed by atoms with E-state index in [9.17, 15) is 4.57 Å². The molecular formula is C21H43N4O3P. The van der Waals surface area contributed by atoms with Crippen LogP contribution in [0.2, 0.25) is 0 Å². The number of ether oxygens (including phenoxy) is 2. The fourth-order valence-electron chi connectivity index (χ4n) is 3.33. The number of rotatable bonds is 12. The first-order valence-corrected chi connectivity index (χ1v) is 12.3. The first kappa shape index (κ1) is 26.2. The standard InChI is InChI=1S/C21H43N4O3P/c1-15(2)16(3)18(5)25-12-19(11-20(25)17(4)24-21(6,7)8)28-13-27-14-29(26,22-9)23-10/h15-16,19-20,24H,4-5,11-14H2,1-3,6-10H3,(H2,22,23,26). The molecule has 0 spiro atoms. The zero-order valence-corrected chi connectivity index (χ0v) is 20.6. The average Bonchev–Trinajstić information content (AvgIpc) is 3.06. The highest BCUT2D eigenvalue weighted by molar-refractivity contribution is 7.59. The third-order valence-corrected chi connectivity index (χ3v) is 7.47. The Morgan fingerprint density at radius 3 is 2.28 bits per heavy atom. The van der Waals surface area contributed by atoms with E-state index in [0.29, 0.717) is 11.8 Å². The summed E-state index contributed by atoms with van der Waals surface area (Å²) in [6.07, 6.45) is 0.887. The van der Waals surface area contributed by atoms with Gasteiger partial charge in [0.1, 0.15) is 13.1 Å². The van der Waals surface area contributed by atoms with Crippen molar-refractivity contribution < 1.29 is 14.0 Å². The molecule has 0 aromatic rings. The van der Waals surface area contributed by atoms with Crippen molar-refractivity contribution in [3.63, 3.8) is 0 Å². The van der Waals surface area contributed by atoms with Crippen LogP contribution in [-0.2, 0) is 14.0 Å². The zero-order valence-electron chi connectivity index (χ0n) is 19.7. The number of allylic oxidation sites excluding steroid dienone is 1. The van der Waals surface area contributed by atoms with Gasteiger partial charge in [0.15, 0.2) is 0 Å². The van der Waals surface area contributed by atoms with Gasteiger partial charge in [0.2, 0.25) is 7.44 Å². The van der Waals surface area contributed by atoms with E-state index in [-0.39, 0.29) is 30.8 Å². The summed E-state index contributed by atoms with van der Waals surface area (Å²) in [5, 5.41) is 9.06. The van der Waals surface area contributed by atoms with Crippen LogP contribution < -0.4 is 15.5 Å². The molecule has 1 saturated heterocycles. The molecule has 7 nitrogen and oxygen atoms in total. The van der Waals surface area contributed by atoms with Crippen LogP contribution in [-0.4, -0.2) is 56.4 Å². The summed E-state index contributed by atoms with van der Waals surface area (Å²) in [5.41, 5.74) is 2.04. The van der Waals surface area contributed by atoms with Crippen molar-refractivity contribution >= 4 is 7.44 Å². The summed E-state index contributed by atoms with van der Waals surface area (Å²) in [5.74, 6) is 0.875. The lowest BCUT2D eigenvalue weighted by molar-refractivity contribution is -0.0734. The van der Waals surface area contributed by atoms with Crippen molar-refractivity contribution in [2.75, 3.05) is 33.8 Å². The Balaban J connectivity index is 2.77. The van der Waals surface area contributed by atoms with Gasteiger partial charge in [0, 0.05) is 29.9 Å². The molecule has 0 bridgehead atoms. The Labute approximate surface area is 178 Å². The van der Waals surface area contributed by atoms with Crippen LogP contribution in [0.25, 0.3) is 0 Å². The molecule has 1 heterocycles. The molecule has 0 saturated carbocycles. The highest BCUT2D eigenvalue weighted by Gasteiger charge is 2.37. The normalized spacial score (nSPS) is 21.5. The molecule has 1 rings (SSSR count). The van der Waals surface area contributed by atoms with Crippen LogP contribution in [0.15, 0.2) is 24.6 Å². The Kier molecular flexibility index (Phi) is 9.90. The monoisotopic (exact) mass is 430 g/mol. The SMILES string of the molecule is C=C(NC(C)(C)C)C1CC(OCOCP(=O)(NC)NC)CN1C(=C)C(C)C(C)C. The Hall–Kier alpha value is -0.850.